The summed E-state index contributed by atoms with van der Waals surface area (Å²) in [6.45, 7) is 0.844. The Morgan fingerprint density at radius 2 is 2.16 bits per heavy atom. The number of rotatable bonds is 4. The van der Waals surface area contributed by atoms with Crippen molar-refractivity contribution >= 4 is 5.69 Å². The van der Waals surface area contributed by atoms with Crippen LogP contribution in [0.3, 0.4) is 0 Å². The highest BCUT2D eigenvalue weighted by Gasteiger charge is 2.23. The second-order valence-corrected chi connectivity index (χ2v) is 3.82. The van der Waals surface area contributed by atoms with Crippen LogP contribution >= 0.6 is 0 Å². The number of ether oxygens (including phenoxy) is 2. The van der Waals surface area contributed by atoms with E-state index >= 15 is 0 Å². The van der Waals surface area contributed by atoms with E-state index in [2.05, 4.69) is 5.32 Å². The molecule has 1 aromatic rings. The van der Waals surface area contributed by atoms with Crippen molar-refractivity contribution in [2.75, 3.05) is 18.5 Å². The zero-order chi connectivity index (χ0) is 13.7. The molecule has 0 bridgehead atoms. The summed E-state index contributed by atoms with van der Waals surface area (Å²) in [6, 6.07) is 7.79. The highest BCUT2D eigenvalue weighted by Crippen LogP contribution is 2.30. The van der Waals surface area contributed by atoms with Gasteiger partial charge in [0.05, 0.1) is 18.9 Å². The highest BCUT2D eigenvalue weighted by molar-refractivity contribution is 5.59. The summed E-state index contributed by atoms with van der Waals surface area (Å²) in [6.07, 6.45) is 1.03. The van der Waals surface area contributed by atoms with E-state index in [9.17, 15) is 4.39 Å². The maximum absolute atomic E-state index is 13.7. The van der Waals surface area contributed by atoms with Crippen molar-refractivity contribution in [3.8, 4) is 17.9 Å². The van der Waals surface area contributed by atoms with E-state index in [0.717, 1.165) is 0 Å². The number of anilines is 1. The highest BCUT2D eigenvalue weighted by atomic mass is 19.1. The van der Waals surface area contributed by atoms with Gasteiger partial charge in [-0.25, -0.2) is 4.39 Å². The zero-order valence-corrected chi connectivity index (χ0v) is 9.89. The lowest BCUT2D eigenvalue weighted by Crippen LogP contribution is -2.38. The average molecular weight is 259 g/mol. The van der Waals surface area contributed by atoms with Crippen molar-refractivity contribution in [1.82, 2.24) is 0 Å². The minimum Gasteiger partial charge on any atom is -0.480 e. The van der Waals surface area contributed by atoms with Crippen LogP contribution < -0.4 is 10.1 Å². The Labute approximate surface area is 109 Å². The van der Waals surface area contributed by atoms with E-state index in [-0.39, 0.29) is 17.4 Å². The van der Waals surface area contributed by atoms with Crippen LogP contribution in [0.2, 0.25) is 0 Å². The van der Waals surface area contributed by atoms with Gasteiger partial charge < -0.3 is 14.8 Å². The number of nitrogens with one attached hydrogen (secondary N) is 1. The fourth-order valence-electron chi connectivity index (χ4n) is 1.43. The minimum atomic E-state index is -0.513. The summed E-state index contributed by atoms with van der Waals surface area (Å²) in [4.78, 5) is 0. The molecule has 0 aromatic heterocycles. The van der Waals surface area contributed by atoms with Crippen LogP contribution in [-0.4, -0.2) is 19.3 Å². The first-order valence-corrected chi connectivity index (χ1v) is 5.54. The van der Waals surface area contributed by atoms with Crippen molar-refractivity contribution in [1.29, 1.82) is 10.5 Å². The Balaban J connectivity index is 2.20. The Morgan fingerprint density at radius 1 is 1.42 bits per heavy atom. The first kappa shape index (κ1) is 12.9. The third-order valence-corrected chi connectivity index (χ3v) is 2.47. The molecule has 0 spiro atoms. The van der Waals surface area contributed by atoms with Gasteiger partial charge in [-0.15, -0.1) is 0 Å². The number of nitriles is 2. The predicted octanol–water partition coefficient (Wildman–Crippen LogP) is 1.95. The largest absolute Gasteiger partial charge is 0.480 e. The van der Waals surface area contributed by atoms with Crippen LogP contribution in [0, 0.1) is 28.5 Å². The van der Waals surface area contributed by atoms with E-state index in [4.69, 9.17) is 20.0 Å². The van der Waals surface area contributed by atoms with E-state index < -0.39 is 5.82 Å². The maximum Gasteiger partial charge on any atom is 0.178 e. The second-order valence-electron chi connectivity index (χ2n) is 3.82. The fourth-order valence-corrected chi connectivity index (χ4v) is 1.43. The van der Waals surface area contributed by atoms with Crippen molar-refractivity contribution in [2.45, 2.75) is 6.10 Å². The fraction of sp³-hybridized carbons (Fsp3) is 0.231. The number of halogens is 1. The maximum atomic E-state index is 13.7. The van der Waals surface area contributed by atoms with Crippen molar-refractivity contribution in [2.24, 2.45) is 0 Å². The summed E-state index contributed by atoms with van der Waals surface area (Å²) < 4.78 is 24.1. The van der Waals surface area contributed by atoms with Crippen molar-refractivity contribution in [3.63, 3.8) is 0 Å². The van der Waals surface area contributed by atoms with Crippen molar-refractivity contribution in [3.05, 3.63) is 35.8 Å². The number of para-hydroxylation sites is 1. The number of hydrogen-bond donors (Lipinski definition) is 1. The molecule has 0 atom stereocenters. The molecule has 1 aliphatic heterocycles. The quantitative estimate of drug-likeness (QED) is 0.836. The topological polar surface area (TPSA) is 78.1 Å². The molecule has 0 amide bonds. The zero-order valence-electron chi connectivity index (χ0n) is 9.89. The Morgan fingerprint density at radius 3 is 2.74 bits per heavy atom. The second kappa shape index (κ2) is 5.85. The molecule has 19 heavy (non-hydrogen) atoms. The normalized spacial score (nSPS) is 13.6. The minimum absolute atomic E-state index is 0.0577. The molecule has 1 aliphatic rings. The van der Waals surface area contributed by atoms with Gasteiger partial charge in [-0.2, -0.15) is 10.5 Å². The summed E-state index contributed by atoms with van der Waals surface area (Å²) in [5, 5.41) is 19.9. The van der Waals surface area contributed by atoms with Crippen LogP contribution in [-0.2, 0) is 4.74 Å². The standard InChI is InChI=1S/C13H10FN3O2/c14-11-2-1-3-12(17-6-9(4-15)5-16)13(11)19-10-7-18-8-10/h1-3,6,10,17H,7-8H2. The first-order chi connectivity index (χ1) is 9.24. The molecule has 2 rings (SSSR count). The molecule has 1 heterocycles. The van der Waals surface area contributed by atoms with E-state index in [1.54, 1.807) is 18.2 Å². The molecule has 96 valence electrons. The van der Waals surface area contributed by atoms with Gasteiger partial charge in [-0.1, -0.05) is 6.07 Å². The number of hydrogen-bond acceptors (Lipinski definition) is 5. The molecule has 1 fully saturated rings. The molecule has 1 saturated heterocycles. The smallest absolute Gasteiger partial charge is 0.178 e. The molecular weight excluding hydrogens is 249 g/mol. The number of nitrogens with zero attached hydrogens (tertiary/aromatic N) is 2. The van der Waals surface area contributed by atoms with Crippen LogP contribution in [0.25, 0.3) is 0 Å². The Hall–Kier alpha value is -2.57. The van der Waals surface area contributed by atoms with Gasteiger partial charge in [0, 0.05) is 6.20 Å². The van der Waals surface area contributed by atoms with Gasteiger partial charge >= 0.3 is 0 Å². The molecule has 0 aliphatic carbocycles. The average Bonchev–Trinajstić information content (AvgIpc) is 2.37. The van der Waals surface area contributed by atoms with Crippen molar-refractivity contribution < 1.29 is 13.9 Å². The Kier molecular flexibility index (Phi) is 3.97. The molecule has 1 aromatic carbocycles. The summed E-state index contributed by atoms with van der Waals surface area (Å²) >= 11 is 0. The Bertz CT molecular complexity index is 567. The van der Waals surface area contributed by atoms with Crippen LogP contribution in [0.1, 0.15) is 0 Å². The van der Waals surface area contributed by atoms with Gasteiger partial charge in [-0.3, -0.25) is 0 Å². The summed E-state index contributed by atoms with van der Waals surface area (Å²) in [5.74, 6) is -0.456. The van der Waals surface area contributed by atoms with Gasteiger partial charge in [0.15, 0.2) is 11.6 Å². The lowest BCUT2D eigenvalue weighted by Gasteiger charge is -2.27. The summed E-state index contributed by atoms with van der Waals surface area (Å²) in [7, 11) is 0. The number of benzene rings is 1. The van der Waals surface area contributed by atoms with Gasteiger partial charge in [-0.05, 0) is 12.1 Å². The lowest BCUT2D eigenvalue weighted by molar-refractivity contribution is -0.0805. The van der Waals surface area contributed by atoms with Crippen LogP contribution in [0.4, 0.5) is 10.1 Å². The molecule has 0 saturated carbocycles. The van der Waals surface area contributed by atoms with Gasteiger partial charge in [0.2, 0.25) is 0 Å². The molecule has 1 N–H and O–H groups in total. The summed E-state index contributed by atoms with van der Waals surface area (Å²) in [5.41, 5.74) is 0.247. The monoisotopic (exact) mass is 259 g/mol. The number of allylic oxidation sites excluding steroid dienone is 1. The van der Waals surface area contributed by atoms with E-state index in [1.165, 1.54) is 18.3 Å². The lowest BCUT2D eigenvalue weighted by atomic mass is 10.2. The molecule has 5 nitrogen and oxygen atoms in total. The third-order valence-electron chi connectivity index (χ3n) is 2.47. The molecule has 0 radical (unpaired) electrons. The van der Waals surface area contributed by atoms with Crippen LogP contribution in [0.15, 0.2) is 30.0 Å². The third kappa shape index (κ3) is 3.01. The SMILES string of the molecule is N#CC(C#N)=CNc1cccc(F)c1OC1COC1. The first-order valence-electron chi connectivity index (χ1n) is 5.54. The van der Waals surface area contributed by atoms with Gasteiger partial charge in [0.1, 0.15) is 23.8 Å². The van der Waals surface area contributed by atoms with E-state index in [1.807, 2.05) is 0 Å². The predicted molar refractivity (Wildman–Crippen MR) is 64.6 cm³/mol. The molecule has 6 heteroatoms. The van der Waals surface area contributed by atoms with Crippen LogP contribution in [0.5, 0.6) is 5.75 Å². The van der Waals surface area contributed by atoms with E-state index in [0.29, 0.717) is 18.9 Å². The van der Waals surface area contributed by atoms with Gasteiger partial charge in [0.25, 0.3) is 0 Å². The molecular formula is C13H10FN3O2. The molecule has 0 unspecified atom stereocenters.